The number of aromatic nitrogens is 2. The van der Waals surface area contributed by atoms with E-state index in [0.717, 1.165) is 25.2 Å². The summed E-state index contributed by atoms with van der Waals surface area (Å²) in [5, 5.41) is 12.9. The van der Waals surface area contributed by atoms with E-state index in [2.05, 4.69) is 21.8 Å². The molecule has 78 valence electrons. The zero-order valence-corrected chi connectivity index (χ0v) is 8.48. The highest BCUT2D eigenvalue weighted by atomic mass is 16.3. The summed E-state index contributed by atoms with van der Waals surface area (Å²) in [5.41, 5.74) is 0. The lowest BCUT2D eigenvalue weighted by Crippen LogP contribution is -2.23. The Morgan fingerprint density at radius 2 is 2.50 bits per heavy atom. The maximum Gasteiger partial charge on any atom is 0.109 e. The highest BCUT2D eigenvalue weighted by Gasteiger charge is 2.27. The van der Waals surface area contributed by atoms with Crippen LogP contribution in [0.3, 0.4) is 0 Å². The van der Waals surface area contributed by atoms with Crippen LogP contribution in [0.25, 0.3) is 0 Å². The minimum atomic E-state index is -0.278. The summed E-state index contributed by atoms with van der Waals surface area (Å²) < 4.78 is 2.11. The molecule has 4 nitrogen and oxygen atoms in total. The fourth-order valence-electron chi connectivity index (χ4n) is 2.00. The van der Waals surface area contributed by atoms with Gasteiger partial charge in [0.15, 0.2) is 0 Å². The van der Waals surface area contributed by atoms with Gasteiger partial charge < -0.3 is 15.0 Å². The quantitative estimate of drug-likeness (QED) is 0.731. The third-order valence-corrected chi connectivity index (χ3v) is 2.73. The summed E-state index contributed by atoms with van der Waals surface area (Å²) >= 11 is 0. The molecule has 0 aromatic carbocycles. The van der Waals surface area contributed by atoms with E-state index in [1.165, 1.54) is 0 Å². The Hall–Kier alpha value is -0.870. The van der Waals surface area contributed by atoms with Gasteiger partial charge in [-0.15, -0.1) is 0 Å². The Morgan fingerprint density at radius 3 is 3.14 bits per heavy atom. The average Bonchev–Trinajstić information content (AvgIpc) is 2.74. The number of aryl methyl sites for hydroxylation is 1. The monoisotopic (exact) mass is 195 g/mol. The van der Waals surface area contributed by atoms with Gasteiger partial charge in [-0.05, 0) is 6.42 Å². The summed E-state index contributed by atoms with van der Waals surface area (Å²) in [6.45, 7) is 3.67. The zero-order valence-electron chi connectivity index (χ0n) is 8.48. The van der Waals surface area contributed by atoms with Gasteiger partial charge in [-0.2, -0.15) is 0 Å². The van der Waals surface area contributed by atoms with Crippen LogP contribution in [0.1, 0.15) is 25.2 Å². The van der Waals surface area contributed by atoms with E-state index < -0.39 is 0 Å². The summed E-state index contributed by atoms with van der Waals surface area (Å²) in [7, 11) is 0. The van der Waals surface area contributed by atoms with Crippen molar-refractivity contribution in [2.75, 3.05) is 13.1 Å². The molecule has 0 saturated carbocycles. The molecule has 14 heavy (non-hydrogen) atoms. The molecule has 0 bridgehead atoms. The average molecular weight is 195 g/mol. The first-order valence-electron chi connectivity index (χ1n) is 5.23. The van der Waals surface area contributed by atoms with E-state index in [1.54, 1.807) is 0 Å². The number of aliphatic hydroxyl groups excluding tert-OH is 1. The standard InChI is InChI=1S/C10H17N3O/c1-2-3-10-12-4-5-13(10)8-6-11-7-9(8)14/h4-5,8-9,11,14H,2-3,6-7H2,1H3/t8-,9-/m1/s1. The fraction of sp³-hybridized carbons (Fsp3) is 0.700. The van der Waals surface area contributed by atoms with Crippen molar-refractivity contribution in [1.29, 1.82) is 0 Å². The number of β-amino-alcohol motifs (C(OH)–C–C–N with tert-alkyl or cyclic N) is 1. The molecule has 4 heteroatoms. The van der Waals surface area contributed by atoms with Crippen molar-refractivity contribution in [2.45, 2.75) is 31.9 Å². The topological polar surface area (TPSA) is 50.1 Å². The molecule has 2 heterocycles. The zero-order chi connectivity index (χ0) is 9.97. The Balaban J connectivity index is 2.17. The molecular weight excluding hydrogens is 178 g/mol. The summed E-state index contributed by atoms with van der Waals surface area (Å²) in [6, 6.07) is 0.166. The normalized spacial score (nSPS) is 27.0. The first kappa shape index (κ1) is 9.68. The predicted octanol–water partition coefficient (Wildman–Crippen LogP) is 0.341. The first-order valence-corrected chi connectivity index (χ1v) is 5.23. The van der Waals surface area contributed by atoms with Crippen LogP contribution in [0, 0.1) is 0 Å². The molecule has 0 amide bonds. The largest absolute Gasteiger partial charge is 0.390 e. The highest BCUT2D eigenvalue weighted by molar-refractivity contribution is 4.99. The van der Waals surface area contributed by atoms with Crippen LogP contribution < -0.4 is 5.32 Å². The van der Waals surface area contributed by atoms with Gasteiger partial charge in [0.2, 0.25) is 0 Å². The lowest BCUT2D eigenvalue weighted by Gasteiger charge is -2.17. The van der Waals surface area contributed by atoms with Crippen molar-refractivity contribution < 1.29 is 5.11 Å². The van der Waals surface area contributed by atoms with E-state index in [0.29, 0.717) is 6.54 Å². The van der Waals surface area contributed by atoms with Crippen molar-refractivity contribution >= 4 is 0 Å². The molecule has 1 aromatic rings. The Kier molecular flexibility index (Phi) is 2.84. The molecule has 1 aromatic heterocycles. The Bertz CT molecular complexity index is 297. The molecule has 0 aliphatic carbocycles. The number of hydrogen-bond acceptors (Lipinski definition) is 3. The lowest BCUT2D eigenvalue weighted by molar-refractivity contribution is 0.149. The van der Waals surface area contributed by atoms with Gasteiger partial charge in [0, 0.05) is 31.9 Å². The van der Waals surface area contributed by atoms with E-state index in [4.69, 9.17) is 0 Å². The van der Waals surface area contributed by atoms with E-state index in [1.807, 2.05) is 12.4 Å². The van der Waals surface area contributed by atoms with Gasteiger partial charge in [0.1, 0.15) is 5.82 Å². The molecule has 2 rings (SSSR count). The molecule has 2 atom stereocenters. The summed E-state index contributed by atoms with van der Waals surface area (Å²) in [4.78, 5) is 4.31. The van der Waals surface area contributed by atoms with Crippen LogP contribution in [0.2, 0.25) is 0 Å². The van der Waals surface area contributed by atoms with Crippen molar-refractivity contribution in [3.8, 4) is 0 Å². The van der Waals surface area contributed by atoms with Gasteiger partial charge in [0.25, 0.3) is 0 Å². The molecule has 1 aliphatic rings. The number of nitrogens with zero attached hydrogens (tertiary/aromatic N) is 2. The van der Waals surface area contributed by atoms with Gasteiger partial charge in [-0.3, -0.25) is 0 Å². The molecule has 2 N–H and O–H groups in total. The number of hydrogen-bond donors (Lipinski definition) is 2. The highest BCUT2D eigenvalue weighted by Crippen LogP contribution is 2.18. The lowest BCUT2D eigenvalue weighted by atomic mass is 10.2. The van der Waals surface area contributed by atoms with Crippen LogP contribution >= 0.6 is 0 Å². The SMILES string of the molecule is CCCc1nccn1[C@@H]1CNC[C@H]1O. The molecular formula is C10H17N3O. The predicted molar refractivity (Wildman–Crippen MR) is 54.1 cm³/mol. The van der Waals surface area contributed by atoms with Crippen LogP contribution in [-0.2, 0) is 6.42 Å². The van der Waals surface area contributed by atoms with Gasteiger partial charge in [-0.1, -0.05) is 6.92 Å². The molecule has 1 fully saturated rings. The van der Waals surface area contributed by atoms with Gasteiger partial charge in [-0.25, -0.2) is 4.98 Å². The van der Waals surface area contributed by atoms with Crippen molar-refractivity contribution in [2.24, 2.45) is 0 Å². The molecule has 0 spiro atoms. The second-order valence-corrected chi connectivity index (χ2v) is 3.79. The Labute approximate surface area is 84.0 Å². The number of imidazole rings is 1. The summed E-state index contributed by atoms with van der Waals surface area (Å²) in [6.07, 6.45) is 5.57. The van der Waals surface area contributed by atoms with E-state index in [-0.39, 0.29) is 12.1 Å². The van der Waals surface area contributed by atoms with Crippen LogP contribution in [0.5, 0.6) is 0 Å². The van der Waals surface area contributed by atoms with E-state index in [9.17, 15) is 5.11 Å². The van der Waals surface area contributed by atoms with Crippen LogP contribution in [0.15, 0.2) is 12.4 Å². The maximum absolute atomic E-state index is 9.74. The molecule has 0 unspecified atom stereocenters. The van der Waals surface area contributed by atoms with Crippen molar-refractivity contribution in [1.82, 2.24) is 14.9 Å². The van der Waals surface area contributed by atoms with Gasteiger partial charge >= 0.3 is 0 Å². The smallest absolute Gasteiger partial charge is 0.109 e. The molecule has 1 aliphatic heterocycles. The van der Waals surface area contributed by atoms with Crippen molar-refractivity contribution in [3.05, 3.63) is 18.2 Å². The second-order valence-electron chi connectivity index (χ2n) is 3.79. The fourth-order valence-corrected chi connectivity index (χ4v) is 2.00. The third kappa shape index (κ3) is 1.67. The van der Waals surface area contributed by atoms with Gasteiger partial charge in [0.05, 0.1) is 12.1 Å². The maximum atomic E-state index is 9.74. The summed E-state index contributed by atoms with van der Waals surface area (Å²) in [5.74, 6) is 1.08. The van der Waals surface area contributed by atoms with E-state index >= 15 is 0 Å². The minimum Gasteiger partial charge on any atom is -0.390 e. The second kappa shape index (κ2) is 4.11. The Morgan fingerprint density at radius 1 is 1.64 bits per heavy atom. The first-order chi connectivity index (χ1) is 6.83. The van der Waals surface area contributed by atoms with Crippen LogP contribution in [-0.4, -0.2) is 33.9 Å². The number of rotatable bonds is 3. The minimum absolute atomic E-state index is 0.166. The number of aliphatic hydroxyl groups is 1. The molecule has 0 radical (unpaired) electrons. The third-order valence-electron chi connectivity index (χ3n) is 2.73. The molecule has 1 saturated heterocycles. The van der Waals surface area contributed by atoms with Crippen molar-refractivity contribution in [3.63, 3.8) is 0 Å². The number of nitrogens with one attached hydrogen (secondary N) is 1. The van der Waals surface area contributed by atoms with Crippen LogP contribution in [0.4, 0.5) is 0 Å².